The van der Waals surface area contributed by atoms with E-state index in [0.717, 1.165) is 0 Å². The molecule has 0 bridgehead atoms. The van der Waals surface area contributed by atoms with Gasteiger partial charge in [0, 0.05) is 12.1 Å². The molecule has 0 aliphatic rings. The summed E-state index contributed by atoms with van der Waals surface area (Å²) in [7, 11) is 2.72. The number of aromatic carboxylic acids is 2. The van der Waals surface area contributed by atoms with Gasteiger partial charge in [0.25, 0.3) is 11.8 Å². The quantitative estimate of drug-likeness (QED) is 0.127. The third-order valence-electron chi connectivity index (χ3n) is 5.94. The molecule has 46 heavy (non-hydrogen) atoms. The number of hydrogen-bond donors (Lipinski definition) is 6. The maximum atomic E-state index is 11.3. The highest BCUT2D eigenvalue weighted by Gasteiger charge is 2.25. The van der Waals surface area contributed by atoms with Gasteiger partial charge in [0.05, 0.1) is 31.5 Å². The van der Waals surface area contributed by atoms with Crippen LogP contribution < -0.4 is 18.9 Å². The molecule has 238 valence electrons. The molecule has 4 aromatic heterocycles. The zero-order valence-corrected chi connectivity index (χ0v) is 24.6. The Balaban J connectivity index is 1.44. The van der Waals surface area contributed by atoms with Gasteiger partial charge in [-0.05, 0) is 32.8 Å². The fraction of sp³-hybridized carbons (Fsp3) is 0.286. The topological polar surface area (TPSA) is 261 Å². The summed E-state index contributed by atoms with van der Waals surface area (Å²) in [5, 5.41) is 58.5. The Hall–Kier alpha value is -6.24. The van der Waals surface area contributed by atoms with Gasteiger partial charge < -0.3 is 39.4 Å². The number of rotatable bonds is 11. The summed E-state index contributed by atoms with van der Waals surface area (Å²) >= 11 is 0. The third kappa shape index (κ3) is 8.23. The van der Waals surface area contributed by atoms with Crippen LogP contribution in [0.4, 0.5) is 0 Å². The molecule has 4 heterocycles. The van der Waals surface area contributed by atoms with E-state index in [1.807, 2.05) is 0 Å². The Bertz CT molecular complexity index is 1880. The molecule has 2 atom stereocenters. The molecule has 6 N–H and O–H groups in total. The van der Waals surface area contributed by atoms with Crippen molar-refractivity contribution in [3.05, 3.63) is 46.9 Å². The number of ether oxygens (including phenoxy) is 4. The molecule has 0 aliphatic carbocycles. The van der Waals surface area contributed by atoms with E-state index < -0.39 is 34.5 Å². The number of aliphatic hydroxyl groups is 2. The molecule has 4 rings (SSSR count). The Kier molecular flexibility index (Phi) is 9.65. The number of aromatic nitrogens is 8. The van der Waals surface area contributed by atoms with Crippen molar-refractivity contribution in [3.63, 3.8) is 0 Å². The molecule has 0 aliphatic heterocycles. The third-order valence-corrected chi connectivity index (χ3v) is 5.94. The van der Waals surface area contributed by atoms with E-state index in [-0.39, 0.29) is 53.6 Å². The van der Waals surface area contributed by atoms with E-state index in [4.69, 9.17) is 24.1 Å². The first-order chi connectivity index (χ1) is 21.8. The van der Waals surface area contributed by atoms with Gasteiger partial charge in [-0.2, -0.15) is 4.98 Å². The fourth-order valence-electron chi connectivity index (χ4n) is 3.57. The van der Waals surface area contributed by atoms with E-state index in [2.05, 4.69) is 64.5 Å². The first-order valence-corrected chi connectivity index (χ1v) is 13.1. The van der Waals surface area contributed by atoms with Crippen molar-refractivity contribution in [2.75, 3.05) is 14.2 Å². The van der Waals surface area contributed by atoms with Gasteiger partial charge in [-0.3, -0.25) is 0 Å². The molecular formula is C28H26N8O10. The molecule has 18 heteroatoms. The average molecular weight is 635 g/mol. The van der Waals surface area contributed by atoms with Gasteiger partial charge in [0.1, 0.15) is 17.0 Å². The average Bonchev–Trinajstić information content (AvgIpc) is 3.68. The second-order valence-electron chi connectivity index (χ2n) is 9.78. The minimum atomic E-state index is -1.59. The van der Waals surface area contributed by atoms with Crippen molar-refractivity contribution in [2.24, 2.45) is 0 Å². The second-order valence-corrected chi connectivity index (χ2v) is 9.78. The maximum absolute atomic E-state index is 11.3. The number of aromatic amines is 2. The Morgan fingerprint density at radius 1 is 0.826 bits per heavy atom. The predicted molar refractivity (Wildman–Crippen MR) is 153 cm³/mol. The molecule has 0 fully saturated rings. The van der Waals surface area contributed by atoms with Crippen molar-refractivity contribution >= 4 is 11.9 Å². The maximum Gasteiger partial charge on any atom is 0.362 e. The lowest BCUT2D eigenvalue weighted by Crippen LogP contribution is -2.29. The van der Waals surface area contributed by atoms with Gasteiger partial charge in [-0.15, -0.1) is 10.2 Å². The van der Waals surface area contributed by atoms with Crippen molar-refractivity contribution in [2.45, 2.75) is 37.9 Å². The number of hydrogen-bond acceptors (Lipinski definition) is 14. The predicted octanol–water partition coefficient (Wildman–Crippen LogP) is 1.40. The smallest absolute Gasteiger partial charge is 0.362 e. The Morgan fingerprint density at radius 3 is 1.91 bits per heavy atom. The summed E-state index contributed by atoms with van der Waals surface area (Å²) in [6.45, 7) is 2.92. The first-order valence-electron chi connectivity index (χ1n) is 13.1. The van der Waals surface area contributed by atoms with Crippen LogP contribution in [0.25, 0.3) is 0 Å². The molecule has 0 spiro atoms. The highest BCUT2D eigenvalue weighted by Crippen LogP contribution is 2.27. The summed E-state index contributed by atoms with van der Waals surface area (Å²) in [6.07, 6.45) is 1.29. The van der Waals surface area contributed by atoms with Crippen LogP contribution in [0.3, 0.4) is 0 Å². The molecule has 0 saturated heterocycles. The van der Waals surface area contributed by atoms with Gasteiger partial charge in [0.2, 0.25) is 29.0 Å². The lowest BCUT2D eigenvalue weighted by molar-refractivity contribution is 0.0582. The SMILES string of the molecule is COc1ncc(Oc2[nH]nnc2C(=O)O)cc1C#CC(C)(O)CCC(C)(O)C#Cc1ccc(Oc2[nH]nnc2C(=O)O)nc1OC. The number of pyridine rings is 2. The van der Waals surface area contributed by atoms with Crippen LogP contribution in [0.2, 0.25) is 0 Å². The molecule has 0 saturated carbocycles. The Labute approximate surface area is 259 Å². The molecule has 0 radical (unpaired) electrons. The number of H-pyrrole nitrogens is 2. The monoisotopic (exact) mass is 634 g/mol. The van der Waals surface area contributed by atoms with E-state index in [9.17, 15) is 24.9 Å². The summed E-state index contributed by atoms with van der Waals surface area (Å²) in [4.78, 5) is 30.7. The van der Waals surface area contributed by atoms with Crippen LogP contribution in [-0.4, -0.2) is 98.6 Å². The number of nitrogens with zero attached hydrogens (tertiary/aromatic N) is 6. The van der Waals surface area contributed by atoms with E-state index in [1.165, 1.54) is 52.5 Å². The highest BCUT2D eigenvalue weighted by atomic mass is 16.5. The zero-order chi connectivity index (χ0) is 33.5. The second kappa shape index (κ2) is 13.6. The number of carbonyl (C=O) groups is 2. The molecule has 4 aromatic rings. The van der Waals surface area contributed by atoms with Crippen LogP contribution >= 0.6 is 0 Å². The Morgan fingerprint density at radius 2 is 1.37 bits per heavy atom. The van der Waals surface area contributed by atoms with Crippen LogP contribution in [0.1, 0.15) is 58.8 Å². The van der Waals surface area contributed by atoms with Crippen LogP contribution in [-0.2, 0) is 0 Å². The van der Waals surface area contributed by atoms with E-state index in [0.29, 0.717) is 5.56 Å². The molecule has 2 unspecified atom stereocenters. The van der Waals surface area contributed by atoms with Crippen molar-refractivity contribution in [1.82, 2.24) is 40.8 Å². The van der Waals surface area contributed by atoms with Crippen molar-refractivity contribution in [3.8, 4) is 58.8 Å². The van der Waals surface area contributed by atoms with Crippen LogP contribution in [0, 0.1) is 23.7 Å². The highest BCUT2D eigenvalue weighted by molar-refractivity contribution is 5.88. The lowest BCUT2D eigenvalue weighted by Gasteiger charge is -2.22. The summed E-state index contributed by atoms with van der Waals surface area (Å²) in [6, 6.07) is 4.34. The van der Waals surface area contributed by atoms with Crippen molar-refractivity contribution < 1.29 is 49.0 Å². The van der Waals surface area contributed by atoms with E-state index >= 15 is 0 Å². The van der Waals surface area contributed by atoms with E-state index in [1.54, 1.807) is 0 Å². The van der Waals surface area contributed by atoms with Crippen LogP contribution in [0.15, 0.2) is 24.4 Å². The van der Waals surface area contributed by atoms with Gasteiger partial charge in [0.15, 0.2) is 0 Å². The summed E-state index contributed by atoms with van der Waals surface area (Å²) in [5.41, 5.74) is -3.50. The largest absolute Gasteiger partial charge is 0.480 e. The van der Waals surface area contributed by atoms with Crippen LogP contribution in [0.5, 0.6) is 35.1 Å². The zero-order valence-electron chi connectivity index (χ0n) is 24.6. The van der Waals surface area contributed by atoms with Gasteiger partial charge in [-0.25, -0.2) is 24.8 Å². The normalized spacial score (nSPS) is 13.1. The molecule has 0 amide bonds. The summed E-state index contributed by atoms with van der Waals surface area (Å²) < 4.78 is 21.4. The minimum absolute atomic E-state index is 0.00168. The number of carboxylic acids is 2. The molecule has 18 nitrogen and oxygen atoms in total. The number of methoxy groups -OCH3 is 2. The summed E-state index contributed by atoms with van der Waals surface area (Å²) in [5.74, 6) is 8.12. The fourth-order valence-corrected chi connectivity index (χ4v) is 3.57. The molecule has 0 aromatic carbocycles. The van der Waals surface area contributed by atoms with Crippen molar-refractivity contribution in [1.29, 1.82) is 0 Å². The molecular weight excluding hydrogens is 608 g/mol. The minimum Gasteiger partial charge on any atom is -0.480 e. The standard InChI is InChI=1S/C28H26N8O10/c1-27(41,9-7-15-5-6-18(30-22(15)44-4)46-24-20(26(39)40)32-36-34-24)11-12-28(2,42)10-8-16-13-17(14-29-21(16)43-3)45-23-19(25(37)38)31-35-33-23/h5-6,13-14,41-42H,11-12H2,1-4H3,(H,37,38)(H,39,40)(H,31,33,35)(H,32,34,36). The van der Waals surface area contributed by atoms with Gasteiger partial charge in [-0.1, -0.05) is 34.1 Å². The number of carboxylic acid groups (broad SMARTS) is 2. The van der Waals surface area contributed by atoms with Gasteiger partial charge >= 0.3 is 11.9 Å². The first kappa shape index (κ1) is 32.7. The number of nitrogens with one attached hydrogen (secondary N) is 2. The lowest BCUT2D eigenvalue weighted by atomic mass is 9.92.